The van der Waals surface area contributed by atoms with E-state index < -0.39 is 0 Å². The highest BCUT2D eigenvalue weighted by Crippen LogP contribution is 2.07. The third kappa shape index (κ3) is 2.49. The number of benzene rings is 1. The molecule has 0 saturated carbocycles. The fourth-order valence-electron chi connectivity index (χ4n) is 1.33. The minimum atomic E-state index is -0.267. The van der Waals surface area contributed by atoms with E-state index in [4.69, 9.17) is 0 Å². The van der Waals surface area contributed by atoms with E-state index in [0.717, 1.165) is 5.56 Å². The molecule has 0 radical (unpaired) electrons. The number of nitrogens with zero attached hydrogens (tertiary/aromatic N) is 1. The van der Waals surface area contributed by atoms with Crippen LogP contribution in [0.5, 0.6) is 0 Å². The third-order valence-corrected chi connectivity index (χ3v) is 2.01. The molecule has 0 aliphatic carbocycles. The van der Waals surface area contributed by atoms with Crippen molar-refractivity contribution < 1.29 is 4.39 Å². The second-order valence-corrected chi connectivity index (χ2v) is 3.22. The number of rotatable bonds is 2. The summed E-state index contributed by atoms with van der Waals surface area (Å²) in [6.45, 7) is 0. The first-order chi connectivity index (χ1) is 7.24. The van der Waals surface area contributed by atoms with Crippen LogP contribution in [0.25, 0.3) is 0 Å². The van der Waals surface area contributed by atoms with Crippen LogP contribution in [-0.4, -0.2) is 10.2 Å². The summed E-state index contributed by atoms with van der Waals surface area (Å²) in [6.07, 6.45) is 0.508. The van der Waals surface area contributed by atoms with Gasteiger partial charge in [0.05, 0.1) is 5.69 Å². The number of hydrogen-bond acceptors (Lipinski definition) is 2. The number of hydrogen-bond donors (Lipinski definition) is 1. The minimum absolute atomic E-state index is 0.238. The van der Waals surface area contributed by atoms with Gasteiger partial charge in [0.15, 0.2) is 0 Å². The van der Waals surface area contributed by atoms with E-state index in [1.807, 2.05) is 6.07 Å². The zero-order valence-corrected chi connectivity index (χ0v) is 7.90. The van der Waals surface area contributed by atoms with Crippen molar-refractivity contribution >= 4 is 0 Å². The van der Waals surface area contributed by atoms with Gasteiger partial charge in [0, 0.05) is 12.5 Å². The van der Waals surface area contributed by atoms with Gasteiger partial charge in [-0.15, -0.1) is 0 Å². The van der Waals surface area contributed by atoms with Gasteiger partial charge < -0.3 is 0 Å². The lowest BCUT2D eigenvalue weighted by Gasteiger charge is -1.99. The summed E-state index contributed by atoms with van der Waals surface area (Å²) in [4.78, 5) is 10.8. The molecule has 1 heterocycles. The molecule has 0 amide bonds. The predicted octanol–water partition coefficient (Wildman–Crippen LogP) is 1.50. The van der Waals surface area contributed by atoms with E-state index in [-0.39, 0.29) is 11.4 Å². The Balaban J connectivity index is 2.22. The largest absolute Gasteiger partial charge is 0.268 e. The Morgan fingerprint density at radius 1 is 1.27 bits per heavy atom. The van der Waals surface area contributed by atoms with Crippen LogP contribution in [0.2, 0.25) is 0 Å². The van der Waals surface area contributed by atoms with Crippen LogP contribution in [0.1, 0.15) is 11.3 Å². The van der Waals surface area contributed by atoms with Gasteiger partial charge in [-0.05, 0) is 23.8 Å². The molecular weight excluding hydrogens is 195 g/mol. The molecule has 15 heavy (non-hydrogen) atoms. The smallest absolute Gasteiger partial charge is 0.264 e. The molecule has 2 aromatic rings. The Morgan fingerprint density at radius 2 is 2.13 bits per heavy atom. The lowest BCUT2D eigenvalue weighted by molar-refractivity contribution is 0.626. The molecule has 3 nitrogen and oxygen atoms in total. The zero-order chi connectivity index (χ0) is 10.7. The van der Waals surface area contributed by atoms with Gasteiger partial charge in [0.25, 0.3) is 5.56 Å². The Morgan fingerprint density at radius 3 is 2.80 bits per heavy atom. The van der Waals surface area contributed by atoms with Crippen molar-refractivity contribution in [2.45, 2.75) is 6.42 Å². The summed E-state index contributed by atoms with van der Waals surface area (Å²) >= 11 is 0. The maximum absolute atomic E-state index is 12.9. The first-order valence-electron chi connectivity index (χ1n) is 4.53. The summed E-state index contributed by atoms with van der Waals surface area (Å²) in [5, 5.41) is 6.18. The Bertz CT molecular complexity index is 501. The van der Waals surface area contributed by atoms with Crippen LogP contribution in [0.15, 0.2) is 41.2 Å². The van der Waals surface area contributed by atoms with Gasteiger partial charge in [0.2, 0.25) is 0 Å². The van der Waals surface area contributed by atoms with Crippen LogP contribution in [-0.2, 0) is 6.42 Å². The van der Waals surface area contributed by atoms with Gasteiger partial charge in [-0.1, -0.05) is 12.1 Å². The lowest BCUT2D eigenvalue weighted by atomic mass is 10.1. The summed E-state index contributed by atoms with van der Waals surface area (Å²) in [7, 11) is 0. The van der Waals surface area contributed by atoms with Crippen molar-refractivity contribution in [2.75, 3.05) is 0 Å². The second-order valence-electron chi connectivity index (χ2n) is 3.22. The molecule has 0 bridgehead atoms. The standard InChI is InChI=1S/C11H9FN2O/c12-9-3-1-2-8(6-9)7-10-4-5-11(15)14-13-10/h1-6H,7H2,(H,14,15). The predicted molar refractivity (Wildman–Crippen MR) is 54.1 cm³/mol. The van der Waals surface area contributed by atoms with E-state index in [9.17, 15) is 9.18 Å². The quantitative estimate of drug-likeness (QED) is 0.805. The topological polar surface area (TPSA) is 45.8 Å². The fourth-order valence-corrected chi connectivity index (χ4v) is 1.33. The molecule has 0 aliphatic heterocycles. The molecule has 1 aromatic heterocycles. The maximum atomic E-state index is 12.9. The van der Waals surface area contributed by atoms with Crippen LogP contribution in [0.3, 0.4) is 0 Å². The van der Waals surface area contributed by atoms with Gasteiger partial charge in [-0.2, -0.15) is 5.10 Å². The molecule has 2 rings (SSSR count). The molecule has 76 valence electrons. The van der Waals surface area contributed by atoms with E-state index in [0.29, 0.717) is 12.1 Å². The molecule has 4 heteroatoms. The van der Waals surface area contributed by atoms with Crippen LogP contribution >= 0.6 is 0 Å². The van der Waals surface area contributed by atoms with Crippen LogP contribution in [0, 0.1) is 5.82 Å². The van der Waals surface area contributed by atoms with Crippen molar-refractivity contribution in [3.05, 3.63) is 63.8 Å². The molecule has 1 N–H and O–H groups in total. The molecule has 1 aromatic carbocycles. The second kappa shape index (κ2) is 4.04. The van der Waals surface area contributed by atoms with Gasteiger partial charge in [-0.3, -0.25) is 4.79 Å². The van der Waals surface area contributed by atoms with Crippen molar-refractivity contribution in [3.63, 3.8) is 0 Å². The molecule has 0 unspecified atom stereocenters. The Labute approximate surface area is 85.6 Å². The summed E-state index contributed by atoms with van der Waals surface area (Å²) < 4.78 is 12.9. The van der Waals surface area contributed by atoms with Gasteiger partial charge in [-0.25, -0.2) is 9.49 Å². The van der Waals surface area contributed by atoms with E-state index >= 15 is 0 Å². The minimum Gasteiger partial charge on any atom is -0.268 e. The third-order valence-electron chi connectivity index (χ3n) is 2.01. The number of aromatic amines is 1. The van der Waals surface area contributed by atoms with Crippen LogP contribution < -0.4 is 5.56 Å². The van der Waals surface area contributed by atoms with Crippen molar-refractivity contribution in [1.82, 2.24) is 10.2 Å². The van der Waals surface area contributed by atoms with E-state index in [1.165, 1.54) is 18.2 Å². The summed E-state index contributed by atoms with van der Waals surface area (Å²) in [5.74, 6) is -0.267. The average molecular weight is 204 g/mol. The summed E-state index contributed by atoms with van der Waals surface area (Å²) in [6, 6.07) is 9.34. The van der Waals surface area contributed by atoms with Gasteiger partial charge in [0.1, 0.15) is 5.82 Å². The highest BCUT2D eigenvalue weighted by atomic mass is 19.1. The SMILES string of the molecule is O=c1ccc(Cc2cccc(F)c2)n[nH]1. The number of halogens is 1. The van der Waals surface area contributed by atoms with E-state index in [1.54, 1.807) is 12.1 Å². The summed E-state index contributed by atoms with van der Waals surface area (Å²) in [5.41, 5.74) is 1.30. The van der Waals surface area contributed by atoms with E-state index in [2.05, 4.69) is 10.2 Å². The number of H-pyrrole nitrogens is 1. The number of nitrogens with one attached hydrogen (secondary N) is 1. The molecule has 0 fully saturated rings. The number of aromatic nitrogens is 2. The first-order valence-corrected chi connectivity index (χ1v) is 4.53. The molecule has 0 aliphatic rings. The van der Waals surface area contributed by atoms with Crippen molar-refractivity contribution in [1.29, 1.82) is 0 Å². The first kappa shape index (κ1) is 9.58. The molecular formula is C11H9FN2O. The fraction of sp³-hybridized carbons (Fsp3) is 0.0909. The lowest BCUT2D eigenvalue weighted by Crippen LogP contribution is -2.07. The molecule has 0 spiro atoms. The van der Waals surface area contributed by atoms with Crippen molar-refractivity contribution in [3.8, 4) is 0 Å². The maximum Gasteiger partial charge on any atom is 0.264 e. The highest BCUT2D eigenvalue weighted by molar-refractivity contribution is 5.21. The monoisotopic (exact) mass is 204 g/mol. The highest BCUT2D eigenvalue weighted by Gasteiger charge is 1.98. The molecule has 0 saturated heterocycles. The van der Waals surface area contributed by atoms with Crippen molar-refractivity contribution in [2.24, 2.45) is 0 Å². The normalized spacial score (nSPS) is 10.2. The zero-order valence-electron chi connectivity index (χ0n) is 7.90. The average Bonchev–Trinajstić information content (AvgIpc) is 2.22. The Hall–Kier alpha value is -1.97. The van der Waals surface area contributed by atoms with Gasteiger partial charge >= 0.3 is 0 Å². The van der Waals surface area contributed by atoms with Crippen LogP contribution in [0.4, 0.5) is 4.39 Å². The Kier molecular flexibility index (Phi) is 2.58. The molecule has 0 atom stereocenters.